The number of ether oxygens (including phenoxy) is 2. The smallest absolute Gasteiger partial charge is 0.274 e. The van der Waals surface area contributed by atoms with Crippen molar-refractivity contribution in [3.8, 4) is 5.75 Å². The van der Waals surface area contributed by atoms with E-state index in [9.17, 15) is 4.79 Å². The number of para-hydroxylation sites is 1. The number of nitrogens with zero attached hydrogens (tertiary/aromatic N) is 4. The highest BCUT2D eigenvalue weighted by Crippen LogP contribution is 2.28. The summed E-state index contributed by atoms with van der Waals surface area (Å²) in [5.74, 6) is 0.759. The Morgan fingerprint density at radius 3 is 3.00 bits per heavy atom. The number of rotatable bonds is 2. The molecule has 2 aromatic heterocycles. The summed E-state index contributed by atoms with van der Waals surface area (Å²) in [4.78, 5) is 23.5. The van der Waals surface area contributed by atoms with Gasteiger partial charge in [-0.05, 0) is 18.6 Å². The Bertz CT molecular complexity index is 944. The van der Waals surface area contributed by atoms with Crippen molar-refractivity contribution in [1.29, 1.82) is 0 Å². The molecule has 1 aromatic carbocycles. The van der Waals surface area contributed by atoms with Gasteiger partial charge in [-0.1, -0.05) is 6.07 Å². The number of methoxy groups -OCH3 is 1. The monoisotopic (exact) mass is 341 g/mol. The number of fused-ring (bicyclic) bond motifs is 3. The summed E-state index contributed by atoms with van der Waals surface area (Å²) in [5, 5.41) is 0.784. The van der Waals surface area contributed by atoms with Gasteiger partial charge in [-0.15, -0.1) is 0 Å². The number of imidazole rings is 1. The van der Waals surface area contributed by atoms with Crippen molar-refractivity contribution < 1.29 is 14.3 Å². The predicted molar refractivity (Wildman–Crippen MR) is 92.8 cm³/mol. The van der Waals surface area contributed by atoms with Crippen LogP contribution in [0.4, 0.5) is 5.95 Å². The number of hydrogen-bond acceptors (Lipinski definition) is 6. The summed E-state index contributed by atoms with van der Waals surface area (Å²) in [5.41, 5.74) is 7.65. The van der Waals surface area contributed by atoms with Gasteiger partial charge < -0.3 is 20.1 Å². The molecule has 1 fully saturated rings. The Balaban J connectivity index is 1.83. The molecule has 1 amide bonds. The topological polar surface area (TPSA) is 95.0 Å². The second-order valence-corrected chi connectivity index (χ2v) is 5.90. The van der Waals surface area contributed by atoms with Gasteiger partial charge in [0.1, 0.15) is 22.6 Å². The highest BCUT2D eigenvalue weighted by Gasteiger charge is 2.22. The van der Waals surface area contributed by atoms with E-state index in [1.165, 1.54) is 0 Å². The zero-order valence-electron chi connectivity index (χ0n) is 13.9. The van der Waals surface area contributed by atoms with Gasteiger partial charge in [0.25, 0.3) is 5.91 Å². The van der Waals surface area contributed by atoms with E-state index in [4.69, 9.17) is 15.2 Å². The molecule has 4 rings (SSSR count). The summed E-state index contributed by atoms with van der Waals surface area (Å²) < 4.78 is 12.4. The Hall–Kier alpha value is -2.87. The van der Waals surface area contributed by atoms with Crippen LogP contribution in [0.2, 0.25) is 0 Å². The molecule has 3 heterocycles. The molecule has 0 bridgehead atoms. The highest BCUT2D eigenvalue weighted by atomic mass is 16.5. The first kappa shape index (κ1) is 15.6. The lowest BCUT2D eigenvalue weighted by Gasteiger charge is -2.17. The van der Waals surface area contributed by atoms with Crippen molar-refractivity contribution in [2.45, 2.75) is 6.42 Å². The second-order valence-electron chi connectivity index (χ2n) is 5.90. The molecule has 1 aliphatic heterocycles. The molecule has 130 valence electrons. The lowest BCUT2D eigenvalue weighted by molar-refractivity contribution is 0.0736. The van der Waals surface area contributed by atoms with Crippen molar-refractivity contribution in [2.75, 3.05) is 39.1 Å². The molecule has 1 aliphatic rings. The van der Waals surface area contributed by atoms with Gasteiger partial charge in [-0.3, -0.25) is 9.20 Å². The molecule has 8 nitrogen and oxygen atoms in total. The number of anilines is 1. The van der Waals surface area contributed by atoms with E-state index >= 15 is 0 Å². The average molecular weight is 341 g/mol. The molecule has 0 atom stereocenters. The van der Waals surface area contributed by atoms with Crippen molar-refractivity contribution >= 4 is 28.4 Å². The summed E-state index contributed by atoms with van der Waals surface area (Å²) in [7, 11) is 1.58. The lowest BCUT2D eigenvalue weighted by atomic mass is 10.2. The number of nitrogens with two attached hydrogens (primary N) is 1. The molecule has 0 spiro atoms. The van der Waals surface area contributed by atoms with Crippen LogP contribution in [0.1, 0.15) is 16.9 Å². The minimum absolute atomic E-state index is 0.121. The van der Waals surface area contributed by atoms with Crippen molar-refractivity contribution in [3.63, 3.8) is 0 Å². The molecular weight excluding hydrogens is 322 g/mol. The van der Waals surface area contributed by atoms with Crippen LogP contribution in [0.5, 0.6) is 5.75 Å². The maximum Gasteiger partial charge on any atom is 0.274 e. The zero-order chi connectivity index (χ0) is 17.4. The van der Waals surface area contributed by atoms with Gasteiger partial charge in [0.15, 0.2) is 0 Å². The zero-order valence-corrected chi connectivity index (χ0v) is 13.9. The van der Waals surface area contributed by atoms with Gasteiger partial charge in [0.2, 0.25) is 5.95 Å². The number of benzene rings is 1. The fourth-order valence-corrected chi connectivity index (χ4v) is 3.11. The van der Waals surface area contributed by atoms with Gasteiger partial charge in [0, 0.05) is 31.3 Å². The SMILES string of the molecule is COc1cccc2c1nc(N)n1cc(C(=O)N3CCCOCC3)nc21. The van der Waals surface area contributed by atoms with Gasteiger partial charge in [-0.2, -0.15) is 0 Å². The van der Waals surface area contributed by atoms with Crippen LogP contribution in [0, 0.1) is 0 Å². The number of aromatic nitrogens is 3. The van der Waals surface area contributed by atoms with Crippen molar-refractivity contribution in [2.24, 2.45) is 0 Å². The third-order valence-corrected chi connectivity index (χ3v) is 4.37. The Morgan fingerprint density at radius 1 is 1.28 bits per heavy atom. The quantitative estimate of drug-likeness (QED) is 0.756. The van der Waals surface area contributed by atoms with Gasteiger partial charge in [0.05, 0.1) is 13.7 Å². The number of nitrogen functional groups attached to an aromatic ring is 1. The van der Waals surface area contributed by atoms with E-state index in [0.717, 1.165) is 11.8 Å². The van der Waals surface area contributed by atoms with E-state index < -0.39 is 0 Å². The summed E-state index contributed by atoms with van der Waals surface area (Å²) in [6.07, 6.45) is 2.47. The first-order valence-electron chi connectivity index (χ1n) is 8.17. The van der Waals surface area contributed by atoms with Crippen molar-refractivity contribution in [1.82, 2.24) is 19.3 Å². The average Bonchev–Trinajstić information content (AvgIpc) is 2.91. The number of hydrogen-bond donors (Lipinski definition) is 1. The normalized spacial score (nSPS) is 15.5. The summed E-state index contributed by atoms with van der Waals surface area (Å²) in [6, 6.07) is 5.57. The van der Waals surface area contributed by atoms with Crippen LogP contribution in [-0.4, -0.2) is 58.6 Å². The second kappa shape index (κ2) is 6.21. The van der Waals surface area contributed by atoms with Crippen LogP contribution in [-0.2, 0) is 4.74 Å². The molecule has 0 aliphatic carbocycles. The number of carbonyl (C=O) groups is 1. The van der Waals surface area contributed by atoms with Crippen LogP contribution in [0.25, 0.3) is 16.6 Å². The lowest BCUT2D eigenvalue weighted by Crippen LogP contribution is -2.33. The van der Waals surface area contributed by atoms with E-state index in [1.807, 2.05) is 18.2 Å². The standard InChI is InChI=1S/C17H19N5O3/c1-24-13-5-2-4-11-14(13)20-17(18)22-10-12(19-15(11)22)16(23)21-6-3-8-25-9-7-21/h2,4-5,10H,3,6-9H2,1H3,(H2,18,20). The number of amides is 1. The van der Waals surface area contributed by atoms with E-state index in [1.54, 1.807) is 22.6 Å². The minimum Gasteiger partial charge on any atom is -0.494 e. The fraction of sp³-hybridized carbons (Fsp3) is 0.353. The highest BCUT2D eigenvalue weighted by molar-refractivity contribution is 5.99. The molecule has 3 aromatic rings. The first-order chi connectivity index (χ1) is 12.2. The van der Waals surface area contributed by atoms with Crippen LogP contribution in [0.15, 0.2) is 24.4 Å². The summed E-state index contributed by atoms with van der Waals surface area (Å²) in [6.45, 7) is 2.45. The Labute approximate surface area is 144 Å². The van der Waals surface area contributed by atoms with Gasteiger partial charge >= 0.3 is 0 Å². The fourth-order valence-electron chi connectivity index (χ4n) is 3.11. The van der Waals surface area contributed by atoms with Crippen LogP contribution >= 0.6 is 0 Å². The number of carbonyl (C=O) groups excluding carboxylic acids is 1. The molecule has 1 saturated heterocycles. The Morgan fingerprint density at radius 2 is 2.16 bits per heavy atom. The van der Waals surface area contributed by atoms with E-state index in [2.05, 4.69) is 9.97 Å². The largest absolute Gasteiger partial charge is 0.494 e. The summed E-state index contributed by atoms with van der Waals surface area (Å²) >= 11 is 0. The molecule has 2 N–H and O–H groups in total. The maximum absolute atomic E-state index is 12.8. The van der Waals surface area contributed by atoms with Crippen molar-refractivity contribution in [3.05, 3.63) is 30.1 Å². The third kappa shape index (κ3) is 2.64. The minimum atomic E-state index is -0.121. The Kier molecular flexibility index (Phi) is 3.89. The molecule has 0 unspecified atom stereocenters. The molecular formula is C17H19N5O3. The molecule has 0 saturated carbocycles. The molecule has 8 heteroatoms. The van der Waals surface area contributed by atoms with Gasteiger partial charge in [-0.25, -0.2) is 9.97 Å². The predicted octanol–water partition coefficient (Wildman–Crippen LogP) is 1.34. The third-order valence-electron chi connectivity index (χ3n) is 4.37. The molecule has 25 heavy (non-hydrogen) atoms. The van der Waals surface area contributed by atoms with E-state index in [0.29, 0.717) is 48.9 Å². The molecule has 0 radical (unpaired) electrons. The van der Waals surface area contributed by atoms with E-state index in [-0.39, 0.29) is 11.9 Å². The maximum atomic E-state index is 12.8. The van der Waals surface area contributed by atoms with Crippen LogP contribution < -0.4 is 10.5 Å². The van der Waals surface area contributed by atoms with Crippen LogP contribution in [0.3, 0.4) is 0 Å². The first-order valence-corrected chi connectivity index (χ1v) is 8.17.